The van der Waals surface area contributed by atoms with Crippen LogP contribution in [-0.4, -0.2) is 38.5 Å². The number of nitrogens with zero attached hydrogens (tertiary/aromatic N) is 3. The summed E-state index contributed by atoms with van der Waals surface area (Å²) in [6, 6.07) is 21.0. The Kier molecular flexibility index (Phi) is 6.01. The highest BCUT2D eigenvalue weighted by atomic mass is 16.5. The van der Waals surface area contributed by atoms with Crippen LogP contribution in [0.5, 0.6) is 0 Å². The van der Waals surface area contributed by atoms with E-state index < -0.39 is 18.1 Å². The van der Waals surface area contributed by atoms with E-state index in [1.54, 1.807) is 43.5 Å². The predicted molar refractivity (Wildman–Crippen MR) is 134 cm³/mol. The van der Waals surface area contributed by atoms with Crippen LogP contribution in [0, 0.1) is 13.8 Å². The second-order valence-corrected chi connectivity index (χ2v) is 8.91. The summed E-state index contributed by atoms with van der Waals surface area (Å²) in [7, 11) is 0. The zero-order chi connectivity index (χ0) is 25.4. The van der Waals surface area contributed by atoms with Gasteiger partial charge in [-0.15, -0.1) is 10.2 Å². The lowest BCUT2D eigenvalue weighted by atomic mass is 9.98. The van der Waals surface area contributed by atoms with Gasteiger partial charge in [0.1, 0.15) is 12.4 Å². The lowest BCUT2D eigenvalue weighted by Crippen LogP contribution is -2.30. The number of benzene rings is 3. The molecular weight excluding hydrogens is 456 g/mol. The minimum Gasteiger partial charge on any atom is -0.478 e. The molecule has 0 saturated heterocycles. The summed E-state index contributed by atoms with van der Waals surface area (Å²) in [4.78, 5) is 24.8. The molecule has 0 aliphatic heterocycles. The first-order valence-electron chi connectivity index (χ1n) is 11.7. The maximum Gasteiger partial charge on any atom is 0.407 e. The lowest BCUT2D eigenvalue weighted by Gasteiger charge is -2.19. The van der Waals surface area contributed by atoms with Crippen molar-refractivity contribution >= 4 is 12.1 Å². The van der Waals surface area contributed by atoms with Crippen molar-refractivity contribution < 1.29 is 19.4 Å². The third-order valence-electron chi connectivity index (χ3n) is 6.62. The van der Waals surface area contributed by atoms with Crippen molar-refractivity contribution in [3.05, 3.63) is 101 Å². The van der Waals surface area contributed by atoms with Crippen LogP contribution in [-0.2, 0) is 4.74 Å². The van der Waals surface area contributed by atoms with E-state index in [0.717, 1.165) is 22.3 Å². The highest BCUT2D eigenvalue weighted by Gasteiger charge is 2.29. The summed E-state index contributed by atoms with van der Waals surface area (Å²) < 4.78 is 7.32. The van der Waals surface area contributed by atoms with Crippen molar-refractivity contribution in [1.29, 1.82) is 0 Å². The van der Waals surface area contributed by atoms with E-state index in [1.165, 1.54) is 0 Å². The van der Waals surface area contributed by atoms with Crippen LogP contribution in [0.25, 0.3) is 16.8 Å². The molecule has 1 heterocycles. The monoisotopic (exact) mass is 482 g/mol. The van der Waals surface area contributed by atoms with E-state index in [9.17, 15) is 14.7 Å². The molecule has 1 aliphatic carbocycles. The molecule has 5 rings (SSSR count). The van der Waals surface area contributed by atoms with Crippen molar-refractivity contribution in [2.75, 3.05) is 6.61 Å². The number of alkyl carbamates (subject to hydrolysis) is 1. The molecule has 1 aromatic heterocycles. The van der Waals surface area contributed by atoms with E-state index >= 15 is 0 Å². The fraction of sp³-hybridized carbons (Fsp3) is 0.214. The molecule has 1 atom stereocenters. The molecule has 0 unspecified atom stereocenters. The average molecular weight is 483 g/mol. The van der Waals surface area contributed by atoms with E-state index in [4.69, 9.17) is 4.74 Å². The second kappa shape index (κ2) is 9.30. The number of nitrogens with one attached hydrogen (secondary N) is 1. The standard InChI is InChI=1S/C28H26N4O4/c1-16-9-8-14-24(25(16)27(33)34)32-18(3)30-31-26(32)17(2)29-28(35)36-15-23-21-12-6-4-10-19(21)20-11-5-7-13-22(20)23/h4-14,17,23H,15H2,1-3H3,(H,29,35)(H,33,34)/t17-/m0/s1. The molecule has 1 aliphatic rings. The summed E-state index contributed by atoms with van der Waals surface area (Å²) in [5.41, 5.74) is 5.82. The van der Waals surface area contributed by atoms with Crippen LogP contribution >= 0.6 is 0 Å². The number of aromatic carboxylic acids is 1. The van der Waals surface area contributed by atoms with Gasteiger partial charge >= 0.3 is 12.1 Å². The maximum atomic E-state index is 12.8. The molecular formula is C28H26N4O4. The van der Waals surface area contributed by atoms with Gasteiger partial charge in [-0.25, -0.2) is 9.59 Å². The summed E-state index contributed by atoms with van der Waals surface area (Å²) in [5.74, 6) is -0.164. The van der Waals surface area contributed by atoms with Gasteiger partial charge in [-0.05, 0) is 54.7 Å². The zero-order valence-electron chi connectivity index (χ0n) is 20.2. The van der Waals surface area contributed by atoms with Gasteiger partial charge in [0, 0.05) is 5.92 Å². The Labute approximate surface area is 208 Å². The topological polar surface area (TPSA) is 106 Å². The molecule has 8 nitrogen and oxygen atoms in total. The molecule has 8 heteroatoms. The summed E-state index contributed by atoms with van der Waals surface area (Å²) >= 11 is 0. The highest BCUT2D eigenvalue weighted by Crippen LogP contribution is 2.44. The number of hydrogen-bond acceptors (Lipinski definition) is 5. The van der Waals surface area contributed by atoms with Crippen molar-refractivity contribution in [2.24, 2.45) is 0 Å². The number of fused-ring (bicyclic) bond motifs is 3. The van der Waals surface area contributed by atoms with Crippen LogP contribution in [0.4, 0.5) is 4.79 Å². The smallest absolute Gasteiger partial charge is 0.407 e. The number of amides is 1. The van der Waals surface area contributed by atoms with Crippen molar-refractivity contribution in [3.8, 4) is 16.8 Å². The second-order valence-electron chi connectivity index (χ2n) is 8.91. The summed E-state index contributed by atoms with van der Waals surface area (Å²) in [5, 5.41) is 21.0. The van der Waals surface area contributed by atoms with Gasteiger partial charge < -0.3 is 15.2 Å². The number of rotatable bonds is 6. The number of aryl methyl sites for hydroxylation is 2. The van der Waals surface area contributed by atoms with Gasteiger partial charge in [-0.3, -0.25) is 4.57 Å². The van der Waals surface area contributed by atoms with Crippen LogP contribution < -0.4 is 5.32 Å². The largest absolute Gasteiger partial charge is 0.478 e. The normalized spacial score (nSPS) is 13.1. The van der Waals surface area contributed by atoms with E-state index in [1.807, 2.05) is 24.3 Å². The summed E-state index contributed by atoms with van der Waals surface area (Å²) in [6.45, 7) is 5.44. The Balaban J connectivity index is 1.34. The molecule has 1 amide bonds. The molecule has 0 bridgehead atoms. The van der Waals surface area contributed by atoms with Crippen LogP contribution in [0.2, 0.25) is 0 Å². The van der Waals surface area contributed by atoms with Gasteiger partial charge in [-0.1, -0.05) is 60.7 Å². The number of hydrogen-bond donors (Lipinski definition) is 2. The van der Waals surface area contributed by atoms with Crippen LogP contribution in [0.15, 0.2) is 66.7 Å². The van der Waals surface area contributed by atoms with Crippen molar-refractivity contribution in [2.45, 2.75) is 32.7 Å². The third kappa shape index (κ3) is 4.00. The number of carbonyl (C=O) groups excluding carboxylic acids is 1. The lowest BCUT2D eigenvalue weighted by molar-refractivity contribution is 0.0696. The molecule has 2 N–H and O–H groups in total. The van der Waals surface area contributed by atoms with Gasteiger partial charge in [-0.2, -0.15) is 0 Å². The maximum absolute atomic E-state index is 12.8. The quantitative estimate of drug-likeness (QED) is 0.392. The number of carboxylic acids is 1. The number of ether oxygens (including phenoxy) is 1. The SMILES string of the molecule is Cc1cccc(-n2c(C)nnc2[C@H](C)NC(=O)OCC2c3ccccc3-c3ccccc32)c1C(=O)O. The molecule has 0 saturated carbocycles. The number of aromatic nitrogens is 3. The first kappa shape index (κ1) is 23.3. The Morgan fingerprint density at radius 2 is 1.61 bits per heavy atom. The minimum atomic E-state index is -1.04. The van der Waals surface area contributed by atoms with Gasteiger partial charge in [0.2, 0.25) is 0 Å². The highest BCUT2D eigenvalue weighted by molar-refractivity contribution is 5.93. The predicted octanol–water partition coefficient (Wildman–Crippen LogP) is 5.18. The van der Waals surface area contributed by atoms with Crippen molar-refractivity contribution in [3.63, 3.8) is 0 Å². The fourth-order valence-corrected chi connectivity index (χ4v) is 4.96. The molecule has 0 spiro atoms. The summed E-state index contributed by atoms with van der Waals surface area (Å²) in [6.07, 6.45) is -0.584. The zero-order valence-corrected chi connectivity index (χ0v) is 20.2. The van der Waals surface area contributed by atoms with E-state index in [-0.39, 0.29) is 18.1 Å². The Bertz CT molecular complexity index is 1430. The minimum absolute atomic E-state index is 0.0465. The molecule has 4 aromatic rings. The molecule has 0 fully saturated rings. The van der Waals surface area contributed by atoms with Gasteiger partial charge in [0.15, 0.2) is 5.82 Å². The van der Waals surface area contributed by atoms with Crippen molar-refractivity contribution in [1.82, 2.24) is 20.1 Å². The molecule has 3 aromatic carbocycles. The first-order valence-corrected chi connectivity index (χ1v) is 11.7. The van der Waals surface area contributed by atoms with E-state index in [2.05, 4.69) is 39.8 Å². The Morgan fingerprint density at radius 3 is 2.25 bits per heavy atom. The van der Waals surface area contributed by atoms with Gasteiger partial charge in [0.05, 0.1) is 17.3 Å². The number of carbonyl (C=O) groups is 2. The third-order valence-corrected chi connectivity index (χ3v) is 6.62. The number of carboxylic acid groups (broad SMARTS) is 1. The Morgan fingerprint density at radius 1 is 0.972 bits per heavy atom. The van der Waals surface area contributed by atoms with E-state index in [0.29, 0.717) is 22.9 Å². The molecule has 0 radical (unpaired) electrons. The van der Waals surface area contributed by atoms with Crippen LogP contribution in [0.1, 0.15) is 57.6 Å². The first-order chi connectivity index (χ1) is 17.4. The van der Waals surface area contributed by atoms with Crippen LogP contribution in [0.3, 0.4) is 0 Å². The fourth-order valence-electron chi connectivity index (χ4n) is 4.96. The molecule has 36 heavy (non-hydrogen) atoms. The average Bonchev–Trinajstić information content (AvgIpc) is 3.40. The van der Waals surface area contributed by atoms with Gasteiger partial charge in [0.25, 0.3) is 0 Å². The molecule has 182 valence electrons. The Hall–Kier alpha value is -4.46.